The predicted molar refractivity (Wildman–Crippen MR) is 146 cm³/mol. The minimum absolute atomic E-state index is 0.0509. The van der Waals surface area contributed by atoms with Crippen molar-refractivity contribution in [2.75, 3.05) is 12.4 Å². The molecule has 0 aliphatic rings. The van der Waals surface area contributed by atoms with E-state index in [4.69, 9.17) is 14.2 Å². The number of nitrogens with one attached hydrogen (secondary N) is 1. The molecule has 37 heavy (non-hydrogen) atoms. The van der Waals surface area contributed by atoms with E-state index >= 15 is 0 Å². The van der Waals surface area contributed by atoms with E-state index < -0.39 is 0 Å². The average molecular weight is 562 g/mol. The Morgan fingerprint density at radius 2 is 1.65 bits per heavy atom. The second-order valence-electron chi connectivity index (χ2n) is 8.04. The van der Waals surface area contributed by atoms with Gasteiger partial charge in [0.05, 0.1) is 11.6 Å². The first-order valence-corrected chi connectivity index (χ1v) is 12.3. The van der Waals surface area contributed by atoms with Crippen LogP contribution in [0.5, 0.6) is 17.2 Å². The van der Waals surface area contributed by atoms with E-state index in [2.05, 4.69) is 21.2 Å². The zero-order valence-corrected chi connectivity index (χ0v) is 21.7. The first kappa shape index (κ1) is 26.0. The Morgan fingerprint density at radius 3 is 2.38 bits per heavy atom. The minimum atomic E-state index is -0.336. The van der Waals surface area contributed by atoms with Gasteiger partial charge in [0, 0.05) is 17.3 Å². The largest absolute Gasteiger partial charge is 0.493 e. The van der Waals surface area contributed by atoms with E-state index in [9.17, 15) is 9.18 Å². The Kier molecular flexibility index (Phi) is 8.94. The number of carbonyl (C=O) groups is 1. The van der Waals surface area contributed by atoms with Crippen molar-refractivity contribution in [3.63, 3.8) is 0 Å². The lowest BCUT2D eigenvalue weighted by atomic mass is 10.1. The summed E-state index contributed by atoms with van der Waals surface area (Å²) in [7, 11) is 1.52. The van der Waals surface area contributed by atoms with Crippen molar-refractivity contribution in [3.8, 4) is 17.2 Å². The molecule has 0 aliphatic carbocycles. The molecule has 7 heteroatoms. The standard InChI is InChI=1S/C30H25BrFNO4/c1-35-28-18-22(17-26(31)30(28)37-20-23-9-5-6-10-27(23)32)11-16-29(34)33-24-12-14-25(15-13-24)36-19-21-7-3-2-4-8-21/h2-18H,19-20H2,1H3,(H,33,34)/b16-11+. The van der Waals surface area contributed by atoms with E-state index in [1.165, 1.54) is 19.3 Å². The monoisotopic (exact) mass is 561 g/mol. The molecule has 0 aliphatic heterocycles. The molecular formula is C30H25BrFNO4. The van der Waals surface area contributed by atoms with Gasteiger partial charge in [-0.2, -0.15) is 0 Å². The minimum Gasteiger partial charge on any atom is -0.493 e. The van der Waals surface area contributed by atoms with Crippen LogP contribution in [0.15, 0.2) is 102 Å². The van der Waals surface area contributed by atoms with Crippen LogP contribution >= 0.6 is 15.9 Å². The maximum absolute atomic E-state index is 13.9. The Balaban J connectivity index is 1.34. The van der Waals surface area contributed by atoms with Gasteiger partial charge in [0.2, 0.25) is 5.91 Å². The summed E-state index contributed by atoms with van der Waals surface area (Å²) in [5.74, 6) is 0.996. The van der Waals surface area contributed by atoms with Crippen LogP contribution in [-0.4, -0.2) is 13.0 Å². The summed E-state index contributed by atoms with van der Waals surface area (Å²) in [4.78, 5) is 12.4. The molecule has 0 spiro atoms. The van der Waals surface area contributed by atoms with Gasteiger partial charge >= 0.3 is 0 Å². The van der Waals surface area contributed by atoms with Gasteiger partial charge in [0.1, 0.15) is 24.8 Å². The van der Waals surface area contributed by atoms with Crippen LogP contribution in [0.1, 0.15) is 16.7 Å². The molecule has 5 nitrogen and oxygen atoms in total. The van der Waals surface area contributed by atoms with Crippen molar-refractivity contribution in [1.29, 1.82) is 0 Å². The van der Waals surface area contributed by atoms with Gasteiger partial charge in [-0.25, -0.2) is 4.39 Å². The molecule has 1 amide bonds. The number of ether oxygens (including phenoxy) is 3. The summed E-state index contributed by atoms with van der Waals surface area (Å²) in [6, 6.07) is 27.1. The van der Waals surface area contributed by atoms with Crippen molar-refractivity contribution < 1.29 is 23.4 Å². The van der Waals surface area contributed by atoms with E-state index in [-0.39, 0.29) is 18.3 Å². The highest BCUT2D eigenvalue weighted by Gasteiger charge is 2.12. The molecular weight excluding hydrogens is 537 g/mol. The first-order chi connectivity index (χ1) is 18.0. The summed E-state index contributed by atoms with van der Waals surface area (Å²) in [6.45, 7) is 0.524. The van der Waals surface area contributed by atoms with Crippen LogP contribution in [-0.2, 0) is 18.0 Å². The van der Waals surface area contributed by atoms with Crippen LogP contribution in [0.25, 0.3) is 6.08 Å². The number of carbonyl (C=O) groups excluding carboxylic acids is 1. The zero-order chi connectivity index (χ0) is 26.0. The van der Waals surface area contributed by atoms with Crippen molar-refractivity contribution >= 4 is 33.6 Å². The van der Waals surface area contributed by atoms with Gasteiger partial charge in [-0.05, 0) is 75.6 Å². The smallest absolute Gasteiger partial charge is 0.248 e. The molecule has 0 heterocycles. The highest BCUT2D eigenvalue weighted by Crippen LogP contribution is 2.37. The second kappa shape index (κ2) is 12.7. The SMILES string of the molecule is COc1cc(/C=C/C(=O)Nc2ccc(OCc3ccccc3)cc2)cc(Br)c1OCc1ccccc1F. The normalized spacial score (nSPS) is 10.8. The summed E-state index contributed by atoms with van der Waals surface area (Å²) in [5.41, 5.74) is 2.89. The quantitative estimate of drug-likeness (QED) is 0.205. The van der Waals surface area contributed by atoms with E-state index in [1.807, 2.05) is 42.5 Å². The van der Waals surface area contributed by atoms with Gasteiger partial charge in [0.15, 0.2) is 11.5 Å². The van der Waals surface area contributed by atoms with Crippen LogP contribution in [0, 0.1) is 5.82 Å². The summed E-state index contributed by atoms with van der Waals surface area (Å²) in [6.07, 6.45) is 3.10. The van der Waals surface area contributed by atoms with Gasteiger partial charge in [0.25, 0.3) is 0 Å². The van der Waals surface area contributed by atoms with E-state index in [0.717, 1.165) is 11.1 Å². The van der Waals surface area contributed by atoms with Crippen molar-refractivity contribution in [3.05, 3.63) is 124 Å². The van der Waals surface area contributed by atoms with Crippen molar-refractivity contribution in [1.82, 2.24) is 0 Å². The fourth-order valence-corrected chi connectivity index (χ4v) is 4.05. The molecule has 0 saturated carbocycles. The maximum atomic E-state index is 13.9. The van der Waals surface area contributed by atoms with Gasteiger partial charge in [-0.15, -0.1) is 0 Å². The Morgan fingerprint density at radius 1 is 0.919 bits per heavy atom. The molecule has 0 aromatic heterocycles. The molecule has 0 unspecified atom stereocenters. The predicted octanol–water partition coefficient (Wildman–Crippen LogP) is 7.41. The maximum Gasteiger partial charge on any atom is 0.248 e. The Labute approximate surface area is 223 Å². The van der Waals surface area contributed by atoms with Gasteiger partial charge < -0.3 is 19.5 Å². The fourth-order valence-electron chi connectivity index (χ4n) is 3.47. The summed E-state index contributed by atoms with van der Waals surface area (Å²) in [5, 5.41) is 2.83. The topological polar surface area (TPSA) is 56.8 Å². The third kappa shape index (κ3) is 7.44. The summed E-state index contributed by atoms with van der Waals surface area (Å²) < 4.78 is 31.6. The van der Waals surface area contributed by atoms with Crippen LogP contribution in [0.2, 0.25) is 0 Å². The molecule has 0 bridgehead atoms. The lowest BCUT2D eigenvalue weighted by Gasteiger charge is -2.14. The van der Waals surface area contributed by atoms with Gasteiger partial charge in [-0.1, -0.05) is 48.5 Å². The number of amides is 1. The first-order valence-electron chi connectivity index (χ1n) is 11.5. The highest BCUT2D eigenvalue weighted by atomic mass is 79.9. The molecule has 4 aromatic rings. The number of halogens is 2. The van der Waals surface area contributed by atoms with E-state index in [1.54, 1.807) is 48.5 Å². The third-order valence-electron chi connectivity index (χ3n) is 5.38. The zero-order valence-electron chi connectivity index (χ0n) is 20.1. The molecule has 0 fully saturated rings. The molecule has 4 aromatic carbocycles. The number of benzene rings is 4. The van der Waals surface area contributed by atoms with Crippen LogP contribution in [0.4, 0.5) is 10.1 Å². The summed E-state index contributed by atoms with van der Waals surface area (Å²) >= 11 is 3.48. The number of hydrogen-bond donors (Lipinski definition) is 1. The highest BCUT2D eigenvalue weighted by molar-refractivity contribution is 9.10. The third-order valence-corrected chi connectivity index (χ3v) is 5.97. The Bertz CT molecular complexity index is 1370. The molecule has 0 radical (unpaired) electrons. The van der Waals surface area contributed by atoms with Crippen molar-refractivity contribution in [2.45, 2.75) is 13.2 Å². The van der Waals surface area contributed by atoms with Crippen LogP contribution < -0.4 is 19.5 Å². The lowest BCUT2D eigenvalue weighted by Crippen LogP contribution is -2.07. The number of rotatable bonds is 10. The van der Waals surface area contributed by atoms with Crippen molar-refractivity contribution in [2.24, 2.45) is 0 Å². The Hall–Kier alpha value is -4.10. The molecule has 188 valence electrons. The molecule has 0 saturated heterocycles. The van der Waals surface area contributed by atoms with Crippen LogP contribution in [0.3, 0.4) is 0 Å². The van der Waals surface area contributed by atoms with Gasteiger partial charge in [-0.3, -0.25) is 4.79 Å². The molecule has 0 atom stereocenters. The lowest BCUT2D eigenvalue weighted by molar-refractivity contribution is -0.111. The molecule has 1 N–H and O–H groups in total. The number of anilines is 1. The van der Waals surface area contributed by atoms with E-state index in [0.29, 0.717) is 39.6 Å². The molecule has 4 rings (SSSR count). The number of methoxy groups -OCH3 is 1. The number of hydrogen-bond acceptors (Lipinski definition) is 4. The second-order valence-corrected chi connectivity index (χ2v) is 8.89. The average Bonchev–Trinajstić information content (AvgIpc) is 2.92. The fraction of sp³-hybridized carbons (Fsp3) is 0.100.